The first kappa shape index (κ1) is 14.3. The summed E-state index contributed by atoms with van der Waals surface area (Å²) in [6, 6.07) is 0. The predicted octanol–water partition coefficient (Wildman–Crippen LogP) is 0.832. The lowest BCUT2D eigenvalue weighted by Gasteiger charge is -2.23. The summed E-state index contributed by atoms with van der Waals surface area (Å²) in [6.07, 6.45) is 2.22. The van der Waals surface area contributed by atoms with Crippen LogP contribution in [-0.4, -0.2) is 59.2 Å². The van der Waals surface area contributed by atoms with Crippen LogP contribution in [0.1, 0.15) is 19.8 Å². The molecule has 1 rings (SSSR count). The van der Waals surface area contributed by atoms with Gasteiger partial charge in [-0.1, -0.05) is 0 Å². The van der Waals surface area contributed by atoms with Gasteiger partial charge in [0.25, 0.3) is 0 Å². The minimum atomic E-state index is -0.884. The lowest BCUT2D eigenvalue weighted by molar-refractivity contribution is -0.133. The van der Waals surface area contributed by atoms with Gasteiger partial charge in [0.05, 0.1) is 17.6 Å². The summed E-state index contributed by atoms with van der Waals surface area (Å²) in [5.41, 5.74) is 0. The fourth-order valence-electron chi connectivity index (χ4n) is 1.76. The number of carbonyl (C=O) groups excluding carboxylic acids is 1. The van der Waals surface area contributed by atoms with Crippen LogP contribution in [0.2, 0.25) is 0 Å². The van der Waals surface area contributed by atoms with Gasteiger partial charge in [-0.2, -0.15) is 0 Å². The summed E-state index contributed by atoms with van der Waals surface area (Å²) < 4.78 is 5.48. The minimum Gasteiger partial charge on any atom is -0.481 e. The van der Waals surface area contributed by atoms with Crippen LogP contribution in [0, 0.1) is 0 Å². The van der Waals surface area contributed by atoms with E-state index in [1.807, 2.05) is 6.92 Å². The Morgan fingerprint density at radius 2 is 2.24 bits per heavy atom. The zero-order valence-electron chi connectivity index (χ0n) is 10.1. The predicted molar refractivity (Wildman–Crippen MR) is 66.2 cm³/mol. The molecule has 1 fully saturated rings. The van der Waals surface area contributed by atoms with Crippen LogP contribution < -0.4 is 0 Å². The van der Waals surface area contributed by atoms with E-state index in [0.29, 0.717) is 13.1 Å². The second-order valence-corrected chi connectivity index (χ2v) is 4.94. The molecule has 1 aliphatic rings. The van der Waals surface area contributed by atoms with Gasteiger partial charge < -0.3 is 14.7 Å². The Kier molecular flexibility index (Phi) is 6.36. The van der Waals surface area contributed by atoms with Crippen molar-refractivity contribution < 1.29 is 19.4 Å². The van der Waals surface area contributed by atoms with Crippen LogP contribution >= 0.6 is 11.8 Å². The van der Waals surface area contributed by atoms with Crippen LogP contribution in [0.3, 0.4) is 0 Å². The number of nitrogens with zero attached hydrogens (tertiary/aromatic N) is 1. The van der Waals surface area contributed by atoms with Gasteiger partial charge in [-0.3, -0.25) is 9.59 Å². The highest BCUT2D eigenvalue weighted by molar-refractivity contribution is 8.00. The van der Waals surface area contributed by atoms with Crippen molar-refractivity contribution in [2.75, 3.05) is 31.2 Å². The second kappa shape index (κ2) is 7.55. The van der Waals surface area contributed by atoms with E-state index in [2.05, 4.69) is 0 Å². The van der Waals surface area contributed by atoms with Crippen molar-refractivity contribution in [1.29, 1.82) is 0 Å². The van der Waals surface area contributed by atoms with E-state index in [1.54, 1.807) is 4.90 Å². The maximum absolute atomic E-state index is 11.8. The van der Waals surface area contributed by atoms with Gasteiger partial charge in [0.2, 0.25) is 5.91 Å². The molecular formula is C11H19NO4S. The lowest BCUT2D eigenvalue weighted by atomic mass is 10.2. The summed E-state index contributed by atoms with van der Waals surface area (Å²) in [6.45, 7) is 3.98. The first-order valence-corrected chi connectivity index (χ1v) is 6.98. The second-order valence-electron chi connectivity index (χ2n) is 3.95. The van der Waals surface area contributed by atoms with E-state index in [9.17, 15) is 9.59 Å². The molecule has 17 heavy (non-hydrogen) atoms. The SMILES string of the molecule is CCN(CC1CCCO1)C(=O)CSCC(=O)O. The highest BCUT2D eigenvalue weighted by atomic mass is 32.2. The summed E-state index contributed by atoms with van der Waals surface area (Å²) in [7, 11) is 0. The van der Waals surface area contributed by atoms with Crippen molar-refractivity contribution in [2.24, 2.45) is 0 Å². The molecule has 1 unspecified atom stereocenters. The topological polar surface area (TPSA) is 66.8 Å². The molecule has 6 heteroatoms. The molecule has 1 amide bonds. The highest BCUT2D eigenvalue weighted by Crippen LogP contribution is 2.14. The largest absolute Gasteiger partial charge is 0.481 e. The number of amides is 1. The zero-order valence-corrected chi connectivity index (χ0v) is 10.9. The number of carboxylic acids is 1. The average molecular weight is 261 g/mol. The molecule has 98 valence electrons. The number of carboxylic acid groups (broad SMARTS) is 1. The summed E-state index contributed by atoms with van der Waals surface area (Å²) in [4.78, 5) is 23.9. The number of likely N-dealkylation sites (N-methyl/N-ethyl adjacent to an activating group) is 1. The van der Waals surface area contributed by atoms with Gasteiger partial charge in [0, 0.05) is 19.7 Å². The van der Waals surface area contributed by atoms with Crippen LogP contribution in [0.4, 0.5) is 0 Å². The molecular weight excluding hydrogens is 242 g/mol. The maximum Gasteiger partial charge on any atom is 0.313 e. The quantitative estimate of drug-likeness (QED) is 0.735. The van der Waals surface area contributed by atoms with E-state index >= 15 is 0 Å². The molecule has 0 aromatic heterocycles. The zero-order chi connectivity index (χ0) is 12.7. The van der Waals surface area contributed by atoms with Crippen LogP contribution in [0.15, 0.2) is 0 Å². The van der Waals surface area contributed by atoms with E-state index in [-0.39, 0.29) is 23.5 Å². The number of thioether (sulfide) groups is 1. The third kappa shape index (κ3) is 5.41. The van der Waals surface area contributed by atoms with Crippen LogP contribution in [-0.2, 0) is 14.3 Å². The Bertz CT molecular complexity index is 266. The Morgan fingerprint density at radius 1 is 1.47 bits per heavy atom. The smallest absolute Gasteiger partial charge is 0.313 e. The van der Waals surface area contributed by atoms with Gasteiger partial charge >= 0.3 is 5.97 Å². The Labute approximate surface area is 105 Å². The first-order valence-electron chi connectivity index (χ1n) is 5.82. The Balaban J connectivity index is 2.27. The number of aliphatic carboxylic acids is 1. The van der Waals surface area contributed by atoms with Gasteiger partial charge in [0.15, 0.2) is 0 Å². The van der Waals surface area contributed by atoms with Crippen molar-refractivity contribution in [3.63, 3.8) is 0 Å². The number of hydrogen-bond acceptors (Lipinski definition) is 4. The molecule has 1 N–H and O–H groups in total. The minimum absolute atomic E-state index is 0.00532. The van der Waals surface area contributed by atoms with Gasteiger partial charge in [-0.15, -0.1) is 11.8 Å². The molecule has 0 radical (unpaired) electrons. The van der Waals surface area contributed by atoms with E-state index in [1.165, 1.54) is 0 Å². The Hall–Kier alpha value is -0.750. The summed E-state index contributed by atoms with van der Waals surface area (Å²) in [5, 5.41) is 8.49. The molecule has 0 spiro atoms. The van der Waals surface area contributed by atoms with Crippen molar-refractivity contribution in [3.05, 3.63) is 0 Å². The number of hydrogen-bond donors (Lipinski definition) is 1. The molecule has 0 saturated carbocycles. The normalized spacial score (nSPS) is 19.2. The standard InChI is InChI=1S/C11H19NO4S/c1-2-12(6-9-4-3-5-16-9)10(13)7-17-8-11(14)15/h9H,2-8H2,1H3,(H,14,15). The first-order chi connectivity index (χ1) is 8.13. The third-order valence-corrected chi connectivity index (χ3v) is 3.54. The lowest BCUT2D eigenvalue weighted by Crippen LogP contribution is -2.38. The van der Waals surface area contributed by atoms with Crippen molar-refractivity contribution in [1.82, 2.24) is 4.90 Å². The molecule has 0 bridgehead atoms. The molecule has 5 nitrogen and oxygen atoms in total. The van der Waals surface area contributed by atoms with Crippen molar-refractivity contribution in [2.45, 2.75) is 25.9 Å². The summed E-state index contributed by atoms with van der Waals surface area (Å²) >= 11 is 1.14. The van der Waals surface area contributed by atoms with Crippen LogP contribution in [0.5, 0.6) is 0 Å². The molecule has 1 aliphatic heterocycles. The highest BCUT2D eigenvalue weighted by Gasteiger charge is 2.21. The molecule has 0 aliphatic carbocycles. The molecule has 1 atom stereocenters. The van der Waals surface area contributed by atoms with Gasteiger partial charge in [-0.05, 0) is 19.8 Å². The van der Waals surface area contributed by atoms with Gasteiger partial charge in [-0.25, -0.2) is 0 Å². The molecule has 0 aromatic carbocycles. The van der Waals surface area contributed by atoms with Gasteiger partial charge in [0.1, 0.15) is 0 Å². The fourth-order valence-corrected chi connectivity index (χ4v) is 2.39. The molecule has 0 aromatic rings. The third-order valence-electron chi connectivity index (χ3n) is 2.63. The van der Waals surface area contributed by atoms with Crippen molar-refractivity contribution in [3.8, 4) is 0 Å². The molecule has 1 heterocycles. The monoisotopic (exact) mass is 261 g/mol. The molecule has 1 saturated heterocycles. The van der Waals surface area contributed by atoms with E-state index < -0.39 is 5.97 Å². The van der Waals surface area contributed by atoms with Crippen LogP contribution in [0.25, 0.3) is 0 Å². The average Bonchev–Trinajstić information content (AvgIpc) is 2.77. The maximum atomic E-state index is 11.8. The van der Waals surface area contributed by atoms with E-state index in [0.717, 1.165) is 31.2 Å². The number of rotatable bonds is 7. The number of ether oxygens (including phenoxy) is 1. The fraction of sp³-hybridized carbons (Fsp3) is 0.818. The van der Waals surface area contributed by atoms with E-state index in [4.69, 9.17) is 9.84 Å². The summed E-state index contributed by atoms with van der Waals surface area (Å²) in [5.74, 6) is -0.685. The Morgan fingerprint density at radius 3 is 2.76 bits per heavy atom. The number of carbonyl (C=O) groups is 2. The van der Waals surface area contributed by atoms with Crippen molar-refractivity contribution >= 4 is 23.6 Å².